The average molecular weight is 294 g/mol. The molecule has 1 heterocycles. The van der Waals surface area contributed by atoms with Crippen LogP contribution < -0.4 is 5.32 Å². The molecule has 0 unspecified atom stereocenters. The Morgan fingerprint density at radius 2 is 1.65 bits per heavy atom. The van der Waals surface area contributed by atoms with Gasteiger partial charge in [0.2, 0.25) is 0 Å². The Bertz CT molecular complexity index is 398. The molecule has 20 heavy (non-hydrogen) atoms. The summed E-state index contributed by atoms with van der Waals surface area (Å²) >= 11 is 6.39. The van der Waals surface area contributed by atoms with Gasteiger partial charge in [-0.2, -0.15) is 0 Å². The highest BCUT2D eigenvalue weighted by molar-refractivity contribution is 6.31. The summed E-state index contributed by atoms with van der Waals surface area (Å²) in [6.45, 7) is 4.45. The van der Waals surface area contributed by atoms with Crippen LogP contribution in [0.4, 0.5) is 0 Å². The van der Waals surface area contributed by atoms with E-state index in [0.717, 1.165) is 18.1 Å². The van der Waals surface area contributed by atoms with Crippen molar-refractivity contribution < 1.29 is 0 Å². The number of nitrogens with one attached hydrogen (secondary N) is 1. The van der Waals surface area contributed by atoms with Crippen molar-refractivity contribution in [3.63, 3.8) is 0 Å². The molecule has 1 aromatic carbocycles. The highest BCUT2D eigenvalue weighted by Crippen LogP contribution is 2.38. The van der Waals surface area contributed by atoms with E-state index in [4.69, 9.17) is 11.6 Å². The monoisotopic (exact) mass is 293 g/mol. The third kappa shape index (κ3) is 3.99. The fraction of sp³-hybridized carbons (Fsp3) is 0.667. The second kappa shape index (κ2) is 8.05. The number of hydrogen-bond acceptors (Lipinski definition) is 1. The van der Waals surface area contributed by atoms with Crippen LogP contribution in [0.1, 0.15) is 63.9 Å². The molecule has 1 aliphatic rings. The number of halogens is 1. The van der Waals surface area contributed by atoms with Crippen molar-refractivity contribution in [2.75, 3.05) is 13.1 Å². The van der Waals surface area contributed by atoms with Crippen molar-refractivity contribution in [2.24, 2.45) is 0 Å². The minimum absolute atomic E-state index is 0.307. The van der Waals surface area contributed by atoms with E-state index in [-0.39, 0.29) is 0 Å². The fourth-order valence-electron chi connectivity index (χ4n) is 3.24. The molecule has 0 spiro atoms. The predicted octanol–water partition coefficient (Wildman–Crippen LogP) is 5.32. The van der Waals surface area contributed by atoms with Crippen LogP contribution in [0, 0.1) is 0 Å². The van der Waals surface area contributed by atoms with Crippen molar-refractivity contribution in [2.45, 2.75) is 63.7 Å². The summed E-state index contributed by atoms with van der Waals surface area (Å²) < 4.78 is 0. The lowest BCUT2D eigenvalue weighted by Crippen LogP contribution is -2.56. The summed E-state index contributed by atoms with van der Waals surface area (Å²) in [5.41, 5.74) is 1.66. The lowest BCUT2D eigenvalue weighted by molar-refractivity contribution is 0.249. The van der Waals surface area contributed by atoms with Crippen LogP contribution in [-0.4, -0.2) is 13.1 Å². The molecule has 2 rings (SSSR count). The number of hydrogen-bond donors (Lipinski definition) is 1. The van der Waals surface area contributed by atoms with Gasteiger partial charge in [-0.15, -0.1) is 0 Å². The molecule has 0 aromatic heterocycles. The summed E-state index contributed by atoms with van der Waals surface area (Å²) in [5.74, 6) is 0. The van der Waals surface area contributed by atoms with Gasteiger partial charge >= 0.3 is 0 Å². The minimum Gasteiger partial charge on any atom is -0.315 e. The van der Waals surface area contributed by atoms with Crippen molar-refractivity contribution >= 4 is 11.6 Å². The second-order valence-corrected chi connectivity index (χ2v) is 6.64. The van der Waals surface area contributed by atoms with E-state index < -0.39 is 0 Å². The topological polar surface area (TPSA) is 12.0 Å². The first kappa shape index (κ1) is 15.9. The van der Waals surface area contributed by atoms with Gasteiger partial charge in [-0.25, -0.2) is 0 Å². The lowest BCUT2D eigenvalue weighted by Gasteiger charge is -2.44. The Labute approximate surface area is 129 Å². The standard InChI is InChI=1S/C18H28ClN/c1-2-3-4-5-6-7-10-13-18(14-20-15-18)16-11-8-9-12-17(16)19/h8-9,11-12,20H,2-7,10,13-15H2,1H3. The summed E-state index contributed by atoms with van der Waals surface area (Å²) in [4.78, 5) is 0. The van der Waals surface area contributed by atoms with Gasteiger partial charge in [-0.3, -0.25) is 0 Å². The van der Waals surface area contributed by atoms with Gasteiger partial charge in [0.05, 0.1) is 0 Å². The van der Waals surface area contributed by atoms with E-state index in [1.807, 2.05) is 12.1 Å². The quantitative estimate of drug-likeness (QED) is 0.607. The molecule has 0 radical (unpaired) electrons. The number of unbranched alkanes of at least 4 members (excludes halogenated alkanes) is 6. The first-order valence-electron chi connectivity index (χ1n) is 8.24. The maximum Gasteiger partial charge on any atom is 0.0444 e. The Morgan fingerprint density at radius 1 is 1.00 bits per heavy atom. The van der Waals surface area contributed by atoms with Crippen molar-refractivity contribution in [1.82, 2.24) is 5.32 Å². The molecule has 1 N–H and O–H groups in total. The molecule has 1 saturated heterocycles. The summed E-state index contributed by atoms with van der Waals surface area (Å²) in [6, 6.07) is 8.39. The Hall–Kier alpha value is -0.530. The van der Waals surface area contributed by atoms with Crippen molar-refractivity contribution in [3.05, 3.63) is 34.9 Å². The van der Waals surface area contributed by atoms with E-state index >= 15 is 0 Å². The van der Waals surface area contributed by atoms with Crippen LogP contribution >= 0.6 is 11.6 Å². The molecule has 0 bridgehead atoms. The van der Waals surface area contributed by atoms with Crippen LogP contribution in [0.3, 0.4) is 0 Å². The van der Waals surface area contributed by atoms with Crippen molar-refractivity contribution in [1.29, 1.82) is 0 Å². The van der Waals surface area contributed by atoms with E-state index in [2.05, 4.69) is 24.4 Å². The van der Waals surface area contributed by atoms with E-state index in [1.54, 1.807) is 0 Å². The van der Waals surface area contributed by atoms with Crippen molar-refractivity contribution in [3.8, 4) is 0 Å². The van der Waals surface area contributed by atoms with Crippen LogP contribution in [0.2, 0.25) is 5.02 Å². The molecule has 0 aliphatic carbocycles. The normalized spacial score (nSPS) is 16.9. The van der Waals surface area contributed by atoms with Gasteiger partial charge < -0.3 is 5.32 Å². The minimum atomic E-state index is 0.307. The summed E-state index contributed by atoms with van der Waals surface area (Å²) in [6.07, 6.45) is 10.9. The Morgan fingerprint density at radius 3 is 2.25 bits per heavy atom. The Balaban J connectivity index is 1.77. The van der Waals surface area contributed by atoms with Gasteiger partial charge in [0, 0.05) is 23.5 Å². The molecule has 0 saturated carbocycles. The predicted molar refractivity (Wildman–Crippen MR) is 88.6 cm³/mol. The van der Waals surface area contributed by atoms with Crippen LogP contribution in [0.15, 0.2) is 24.3 Å². The highest BCUT2D eigenvalue weighted by Gasteiger charge is 2.39. The molecule has 1 fully saturated rings. The number of benzene rings is 1. The molecular weight excluding hydrogens is 266 g/mol. The average Bonchev–Trinajstić information content (AvgIpc) is 2.41. The summed E-state index contributed by atoms with van der Waals surface area (Å²) in [7, 11) is 0. The zero-order valence-electron chi connectivity index (χ0n) is 12.8. The van der Waals surface area contributed by atoms with E-state index in [0.29, 0.717) is 5.41 Å². The third-order valence-electron chi connectivity index (χ3n) is 4.63. The molecule has 1 aliphatic heterocycles. The van der Waals surface area contributed by atoms with Gasteiger partial charge in [-0.1, -0.05) is 81.7 Å². The highest BCUT2D eigenvalue weighted by atomic mass is 35.5. The Kier molecular flexibility index (Phi) is 6.38. The lowest BCUT2D eigenvalue weighted by atomic mass is 9.71. The molecule has 0 atom stereocenters. The molecule has 2 heteroatoms. The smallest absolute Gasteiger partial charge is 0.0444 e. The molecule has 0 amide bonds. The van der Waals surface area contributed by atoms with Crippen LogP contribution in [0.5, 0.6) is 0 Å². The maximum absolute atomic E-state index is 6.39. The van der Waals surface area contributed by atoms with E-state index in [1.165, 1.54) is 56.9 Å². The van der Waals surface area contributed by atoms with Gasteiger partial charge in [-0.05, 0) is 18.1 Å². The molecule has 112 valence electrons. The zero-order valence-corrected chi connectivity index (χ0v) is 13.5. The molecule has 1 nitrogen and oxygen atoms in total. The second-order valence-electron chi connectivity index (χ2n) is 6.24. The molecular formula is C18H28ClN. The van der Waals surface area contributed by atoms with Crippen LogP contribution in [0.25, 0.3) is 0 Å². The zero-order chi connectivity index (χ0) is 14.3. The third-order valence-corrected chi connectivity index (χ3v) is 4.96. The van der Waals surface area contributed by atoms with E-state index in [9.17, 15) is 0 Å². The maximum atomic E-state index is 6.39. The fourth-order valence-corrected chi connectivity index (χ4v) is 3.58. The molecule has 1 aromatic rings. The summed E-state index contributed by atoms with van der Waals surface area (Å²) in [5, 5.41) is 4.38. The largest absolute Gasteiger partial charge is 0.315 e. The number of rotatable bonds is 9. The van der Waals surface area contributed by atoms with Gasteiger partial charge in [0.15, 0.2) is 0 Å². The SMILES string of the molecule is CCCCCCCCCC1(c2ccccc2Cl)CNC1. The van der Waals surface area contributed by atoms with Gasteiger partial charge in [0.1, 0.15) is 0 Å². The first-order valence-corrected chi connectivity index (χ1v) is 8.62. The first-order chi connectivity index (χ1) is 9.78. The van der Waals surface area contributed by atoms with Crippen LogP contribution in [-0.2, 0) is 5.41 Å². The van der Waals surface area contributed by atoms with Gasteiger partial charge in [0.25, 0.3) is 0 Å².